The quantitative estimate of drug-likeness (QED) is 0.623. The number of hydrogen-bond donors (Lipinski definition) is 0. The summed E-state index contributed by atoms with van der Waals surface area (Å²) >= 11 is 0. The second-order valence-electron chi connectivity index (χ2n) is 7.07. The average Bonchev–Trinajstić information content (AvgIpc) is 3.23. The Morgan fingerprint density at radius 3 is 2.43 bits per heavy atom. The number of halogens is 2. The summed E-state index contributed by atoms with van der Waals surface area (Å²) in [6.45, 7) is 0.205. The lowest BCUT2D eigenvalue weighted by molar-refractivity contribution is -0.0503. The van der Waals surface area contributed by atoms with E-state index >= 15 is 0 Å². The Labute approximate surface area is 173 Å². The first-order chi connectivity index (χ1) is 14.6. The van der Waals surface area contributed by atoms with Crippen LogP contribution in [0.1, 0.15) is 15.9 Å². The van der Waals surface area contributed by atoms with E-state index in [1.165, 1.54) is 12.1 Å². The van der Waals surface area contributed by atoms with Crippen LogP contribution in [0.2, 0.25) is 0 Å². The fraction of sp³-hybridized carbons (Fsp3) is 0.273. The molecule has 0 aliphatic carbocycles. The van der Waals surface area contributed by atoms with Gasteiger partial charge in [-0.15, -0.1) is 0 Å². The van der Waals surface area contributed by atoms with Crippen molar-refractivity contribution in [2.45, 2.75) is 13.2 Å². The van der Waals surface area contributed by atoms with Gasteiger partial charge in [-0.25, -0.2) is 4.68 Å². The van der Waals surface area contributed by atoms with Gasteiger partial charge < -0.3 is 9.64 Å². The Hall–Kier alpha value is -3.26. The maximum absolute atomic E-state index is 12.8. The molecule has 0 bridgehead atoms. The molecule has 6 nitrogen and oxygen atoms in total. The number of para-hydroxylation sites is 2. The predicted octanol–water partition coefficient (Wildman–Crippen LogP) is 3.43. The molecule has 8 heteroatoms. The molecule has 3 aromatic rings. The SMILES string of the molecule is O=C(c1ccccc1OC(F)F)N1CCN(Cc2cnn(-c3ccccc3)c2)CC1. The molecule has 2 aromatic carbocycles. The van der Waals surface area contributed by atoms with Gasteiger partial charge in [0.15, 0.2) is 0 Å². The van der Waals surface area contributed by atoms with Gasteiger partial charge in [-0.3, -0.25) is 9.69 Å². The highest BCUT2D eigenvalue weighted by molar-refractivity contribution is 5.97. The Morgan fingerprint density at radius 1 is 1.00 bits per heavy atom. The Bertz CT molecular complexity index is 986. The summed E-state index contributed by atoms with van der Waals surface area (Å²) in [6.07, 6.45) is 3.85. The lowest BCUT2D eigenvalue weighted by atomic mass is 10.1. The third-order valence-corrected chi connectivity index (χ3v) is 5.06. The van der Waals surface area contributed by atoms with Crippen LogP contribution < -0.4 is 4.74 Å². The normalized spacial score (nSPS) is 14.8. The molecule has 1 aromatic heterocycles. The van der Waals surface area contributed by atoms with E-state index in [-0.39, 0.29) is 17.2 Å². The molecule has 1 amide bonds. The molecule has 1 aliphatic heterocycles. The number of aromatic nitrogens is 2. The molecule has 0 N–H and O–H groups in total. The number of carbonyl (C=O) groups is 1. The Balaban J connectivity index is 1.35. The molecule has 1 saturated heterocycles. The van der Waals surface area contributed by atoms with Crippen LogP contribution >= 0.6 is 0 Å². The van der Waals surface area contributed by atoms with E-state index < -0.39 is 6.61 Å². The molecule has 0 unspecified atom stereocenters. The van der Waals surface area contributed by atoms with Gasteiger partial charge in [0.25, 0.3) is 5.91 Å². The topological polar surface area (TPSA) is 50.6 Å². The van der Waals surface area contributed by atoms with Crippen molar-refractivity contribution in [3.8, 4) is 11.4 Å². The molecule has 1 fully saturated rings. The standard InChI is InChI=1S/C22H22F2N4O2/c23-22(24)30-20-9-5-4-8-19(20)21(29)27-12-10-26(11-13-27)15-17-14-25-28(16-17)18-6-2-1-3-7-18/h1-9,14,16,22H,10-13,15H2. The molecule has 0 radical (unpaired) electrons. The highest BCUT2D eigenvalue weighted by atomic mass is 19.3. The Morgan fingerprint density at radius 2 is 1.70 bits per heavy atom. The number of ether oxygens (including phenoxy) is 1. The van der Waals surface area contributed by atoms with Crippen molar-refractivity contribution < 1.29 is 18.3 Å². The van der Waals surface area contributed by atoms with E-state index in [0.29, 0.717) is 26.2 Å². The molecule has 30 heavy (non-hydrogen) atoms. The van der Waals surface area contributed by atoms with Crippen LogP contribution in [0.3, 0.4) is 0 Å². The number of nitrogens with zero attached hydrogens (tertiary/aromatic N) is 4. The third kappa shape index (κ3) is 4.65. The van der Waals surface area contributed by atoms with Gasteiger partial charge in [0.05, 0.1) is 17.4 Å². The minimum Gasteiger partial charge on any atom is -0.434 e. The van der Waals surface area contributed by atoms with E-state index in [1.54, 1.807) is 17.0 Å². The molecule has 0 atom stereocenters. The number of amides is 1. The number of hydrogen-bond acceptors (Lipinski definition) is 4. The van der Waals surface area contributed by atoms with Gasteiger partial charge in [-0.1, -0.05) is 30.3 Å². The maximum Gasteiger partial charge on any atom is 0.387 e. The molecule has 0 saturated carbocycles. The van der Waals surface area contributed by atoms with Crippen molar-refractivity contribution in [2.24, 2.45) is 0 Å². The monoisotopic (exact) mass is 412 g/mol. The van der Waals surface area contributed by atoms with E-state index in [2.05, 4.69) is 14.7 Å². The summed E-state index contributed by atoms with van der Waals surface area (Å²) in [5, 5.41) is 4.42. The van der Waals surface area contributed by atoms with Crippen LogP contribution in [-0.4, -0.2) is 58.3 Å². The van der Waals surface area contributed by atoms with Crippen molar-refractivity contribution >= 4 is 5.91 Å². The zero-order valence-electron chi connectivity index (χ0n) is 16.3. The van der Waals surface area contributed by atoms with Crippen molar-refractivity contribution in [3.63, 3.8) is 0 Å². The minimum absolute atomic E-state index is 0.0896. The van der Waals surface area contributed by atoms with Crippen molar-refractivity contribution in [3.05, 3.63) is 78.1 Å². The summed E-state index contributed by atoms with van der Waals surface area (Å²) < 4.78 is 31.6. The Kier molecular flexibility index (Phi) is 6.04. The lowest BCUT2D eigenvalue weighted by Gasteiger charge is -2.34. The zero-order valence-corrected chi connectivity index (χ0v) is 16.3. The second-order valence-corrected chi connectivity index (χ2v) is 7.07. The number of piperazine rings is 1. The van der Waals surface area contributed by atoms with E-state index in [4.69, 9.17) is 0 Å². The molecule has 2 heterocycles. The van der Waals surface area contributed by atoms with Crippen LogP contribution in [0.15, 0.2) is 67.0 Å². The van der Waals surface area contributed by atoms with Crippen molar-refractivity contribution in [2.75, 3.05) is 26.2 Å². The average molecular weight is 412 g/mol. The predicted molar refractivity (Wildman–Crippen MR) is 108 cm³/mol. The van der Waals surface area contributed by atoms with Gasteiger partial charge in [0.2, 0.25) is 0 Å². The molecule has 1 aliphatic rings. The second kappa shape index (κ2) is 9.04. The van der Waals surface area contributed by atoms with Gasteiger partial charge >= 0.3 is 6.61 Å². The fourth-order valence-electron chi connectivity index (χ4n) is 3.54. The van der Waals surface area contributed by atoms with Crippen LogP contribution in [0, 0.1) is 0 Å². The first-order valence-corrected chi connectivity index (χ1v) is 9.74. The van der Waals surface area contributed by atoms with Gasteiger partial charge in [0, 0.05) is 44.5 Å². The molecular formula is C22H22F2N4O2. The van der Waals surface area contributed by atoms with Crippen LogP contribution in [0.25, 0.3) is 5.69 Å². The van der Waals surface area contributed by atoms with Gasteiger partial charge in [-0.2, -0.15) is 13.9 Å². The molecule has 156 valence electrons. The maximum atomic E-state index is 12.8. The van der Waals surface area contributed by atoms with Gasteiger partial charge in [-0.05, 0) is 24.3 Å². The van der Waals surface area contributed by atoms with Crippen LogP contribution in [0.4, 0.5) is 8.78 Å². The van der Waals surface area contributed by atoms with Gasteiger partial charge in [0.1, 0.15) is 5.75 Å². The molecule has 0 spiro atoms. The number of carbonyl (C=O) groups excluding carboxylic acids is 1. The summed E-state index contributed by atoms with van der Waals surface area (Å²) in [7, 11) is 0. The molecular weight excluding hydrogens is 390 g/mol. The largest absolute Gasteiger partial charge is 0.434 e. The first-order valence-electron chi connectivity index (χ1n) is 9.74. The number of alkyl halides is 2. The fourth-order valence-corrected chi connectivity index (χ4v) is 3.54. The van der Waals surface area contributed by atoms with Crippen molar-refractivity contribution in [1.29, 1.82) is 0 Å². The summed E-state index contributed by atoms with van der Waals surface area (Å²) in [5.74, 6) is -0.379. The highest BCUT2D eigenvalue weighted by Crippen LogP contribution is 2.23. The number of benzene rings is 2. The molecule has 4 rings (SSSR count). The number of rotatable bonds is 6. The van der Waals surface area contributed by atoms with Crippen molar-refractivity contribution in [1.82, 2.24) is 19.6 Å². The minimum atomic E-state index is -2.97. The van der Waals surface area contributed by atoms with E-state index in [0.717, 1.165) is 17.8 Å². The third-order valence-electron chi connectivity index (χ3n) is 5.06. The van der Waals surface area contributed by atoms with Crippen LogP contribution in [0.5, 0.6) is 5.75 Å². The van der Waals surface area contributed by atoms with Crippen LogP contribution in [-0.2, 0) is 6.54 Å². The lowest BCUT2D eigenvalue weighted by Crippen LogP contribution is -2.48. The zero-order chi connectivity index (χ0) is 20.9. The summed E-state index contributed by atoms with van der Waals surface area (Å²) in [5.41, 5.74) is 2.26. The van der Waals surface area contributed by atoms with E-state index in [9.17, 15) is 13.6 Å². The smallest absolute Gasteiger partial charge is 0.387 e. The summed E-state index contributed by atoms with van der Waals surface area (Å²) in [6, 6.07) is 16.0. The first kappa shape index (κ1) is 20.0. The highest BCUT2D eigenvalue weighted by Gasteiger charge is 2.25. The summed E-state index contributed by atoms with van der Waals surface area (Å²) in [4.78, 5) is 16.7. The van der Waals surface area contributed by atoms with E-state index in [1.807, 2.05) is 47.4 Å².